The molecule has 94 valence electrons. The summed E-state index contributed by atoms with van der Waals surface area (Å²) in [5, 5.41) is 7.02. The highest BCUT2D eigenvalue weighted by atomic mass is 15.0. The zero-order chi connectivity index (χ0) is 12.1. The van der Waals surface area contributed by atoms with E-state index in [-0.39, 0.29) is 5.41 Å². The van der Waals surface area contributed by atoms with Crippen LogP contribution < -0.4 is 10.6 Å². The molecule has 0 bridgehead atoms. The van der Waals surface area contributed by atoms with Crippen molar-refractivity contribution >= 4 is 0 Å². The molecule has 3 nitrogen and oxygen atoms in total. The third-order valence-corrected chi connectivity index (χ3v) is 3.32. The molecular weight excluding hydrogens is 210 g/mol. The van der Waals surface area contributed by atoms with Gasteiger partial charge in [-0.3, -0.25) is 4.98 Å². The molecular formula is C14H23N3. The highest BCUT2D eigenvalue weighted by molar-refractivity contribution is 5.19. The third-order valence-electron chi connectivity index (χ3n) is 3.32. The summed E-state index contributed by atoms with van der Waals surface area (Å²) in [6.45, 7) is 7.62. The van der Waals surface area contributed by atoms with E-state index in [4.69, 9.17) is 0 Å². The van der Waals surface area contributed by atoms with E-state index < -0.39 is 0 Å². The number of hydrogen-bond donors (Lipinski definition) is 2. The maximum atomic E-state index is 4.19. The van der Waals surface area contributed by atoms with Crippen LogP contribution in [0.3, 0.4) is 0 Å². The van der Waals surface area contributed by atoms with E-state index in [0.29, 0.717) is 0 Å². The van der Waals surface area contributed by atoms with Crippen LogP contribution in [0.25, 0.3) is 0 Å². The maximum absolute atomic E-state index is 4.19. The Labute approximate surface area is 104 Å². The molecule has 1 aliphatic rings. The lowest BCUT2D eigenvalue weighted by molar-refractivity contribution is 0.463. The molecule has 0 aliphatic heterocycles. The fourth-order valence-corrected chi connectivity index (χ4v) is 1.92. The molecule has 3 heteroatoms. The summed E-state index contributed by atoms with van der Waals surface area (Å²) in [5.74, 6) is 0. The number of aromatic nitrogens is 1. The molecule has 1 aromatic rings. The fourth-order valence-electron chi connectivity index (χ4n) is 1.92. The van der Waals surface area contributed by atoms with Crippen molar-refractivity contribution < 1.29 is 0 Å². The zero-order valence-corrected chi connectivity index (χ0v) is 10.9. The van der Waals surface area contributed by atoms with Gasteiger partial charge in [0, 0.05) is 43.5 Å². The van der Waals surface area contributed by atoms with E-state index in [1.54, 1.807) is 0 Å². The van der Waals surface area contributed by atoms with Gasteiger partial charge in [-0.25, -0.2) is 0 Å². The van der Waals surface area contributed by atoms with Crippen molar-refractivity contribution in [3.8, 4) is 0 Å². The minimum absolute atomic E-state index is 0.147. The number of nitrogens with one attached hydrogen (secondary N) is 2. The van der Waals surface area contributed by atoms with Gasteiger partial charge in [-0.15, -0.1) is 0 Å². The average molecular weight is 233 g/mol. The Morgan fingerprint density at radius 2 is 2.18 bits per heavy atom. The lowest BCUT2D eigenvalue weighted by atomic mass is 9.86. The minimum Gasteiger partial charge on any atom is -0.315 e. The molecule has 2 N–H and O–H groups in total. The third kappa shape index (κ3) is 4.10. The molecule has 17 heavy (non-hydrogen) atoms. The van der Waals surface area contributed by atoms with Gasteiger partial charge in [0.1, 0.15) is 0 Å². The second-order valence-corrected chi connectivity index (χ2v) is 5.53. The molecule has 0 atom stereocenters. The van der Waals surface area contributed by atoms with Crippen molar-refractivity contribution in [2.75, 3.05) is 19.6 Å². The largest absolute Gasteiger partial charge is 0.315 e. The lowest BCUT2D eigenvalue weighted by Crippen LogP contribution is -2.37. The Morgan fingerprint density at radius 1 is 1.35 bits per heavy atom. The Balaban J connectivity index is 1.69. The van der Waals surface area contributed by atoms with Crippen molar-refractivity contribution in [2.24, 2.45) is 0 Å². The molecule has 0 saturated heterocycles. The standard InChI is InChI=1S/C14H23N3/c1-14(2,12-4-3-7-15-10-12)11-16-8-9-17-13-5-6-13/h3-4,7,10,13,16-17H,5-6,8-9,11H2,1-2H3. The van der Waals surface area contributed by atoms with Gasteiger partial charge in [0.05, 0.1) is 0 Å². The first-order valence-electron chi connectivity index (χ1n) is 6.53. The summed E-state index contributed by atoms with van der Waals surface area (Å²) in [4.78, 5) is 4.19. The van der Waals surface area contributed by atoms with Gasteiger partial charge in [-0.2, -0.15) is 0 Å². The zero-order valence-electron chi connectivity index (χ0n) is 10.9. The summed E-state index contributed by atoms with van der Waals surface area (Å²) in [5.41, 5.74) is 1.44. The quantitative estimate of drug-likeness (QED) is 0.704. The van der Waals surface area contributed by atoms with Crippen molar-refractivity contribution in [2.45, 2.75) is 38.1 Å². The van der Waals surface area contributed by atoms with Crippen LogP contribution in [0, 0.1) is 0 Å². The van der Waals surface area contributed by atoms with Crippen LogP contribution in [0.4, 0.5) is 0 Å². The average Bonchev–Trinajstić information content (AvgIpc) is 3.14. The van der Waals surface area contributed by atoms with Gasteiger partial charge in [-0.05, 0) is 24.5 Å². The molecule has 1 saturated carbocycles. The lowest BCUT2D eigenvalue weighted by Gasteiger charge is -2.25. The van der Waals surface area contributed by atoms with Gasteiger partial charge < -0.3 is 10.6 Å². The number of pyridine rings is 1. The maximum Gasteiger partial charge on any atom is 0.0305 e. The highest BCUT2D eigenvalue weighted by Gasteiger charge is 2.21. The summed E-state index contributed by atoms with van der Waals surface area (Å²) < 4.78 is 0. The molecule has 1 heterocycles. The topological polar surface area (TPSA) is 37.0 Å². The van der Waals surface area contributed by atoms with Gasteiger partial charge in [0.15, 0.2) is 0 Å². The SMILES string of the molecule is CC(C)(CNCCNC1CC1)c1cccnc1. The smallest absolute Gasteiger partial charge is 0.0305 e. The Hall–Kier alpha value is -0.930. The molecule has 0 spiro atoms. The molecule has 2 rings (SSSR count). The second-order valence-electron chi connectivity index (χ2n) is 5.53. The van der Waals surface area contributed by atoms with Crippen molar-refractivity contribution in [1.29, 1.82) is 0 Å². The molecule has 1 fully saturated rings. The minimum atomic E-state index is 0.147. The fraction of sp³-hybridized carbons (Fsp3) is 0.643. The van der Waals surface area contributed by atoms with Crippen LogP contribution in [0.1, 0.15) is 32.3 Å². The van der Waals surface area contributed by atoms with Crippen LogP contribution in [0.2, 0.25) is 0 Å². The van der Waals surface area contributed by atoms with Crippen LogP contribution in [0.15, 0.2) is 24.5 Å². The van der Waals surface area contributed by atoms with E-state index in [0.717, 1.165) is 25.7 Å². The Bertz CT molecular complexity index is 331. The van der Waals surface area contributed by atoms with E-state index in [1.165, 1.54) is 18.4 Å². The Morgan fingerprint density at radius 3 is 2.82 bits per heavy atom. The van der Waals surface area contributed by atoms with Crippen molar-refractivity contribution in [3.05, 3.63) is 30.1 Å². The summed E-state index contributed by atoms with van der Waals surface area (Å²) in [7, 11) is 0. The van der Waals surface area contributed by atoms with E-state index >= 15 is 0 Å². The molecule has 0 radical (unpaired) electrons. The summed E-state index contributed by atoms with van der Waals surface area (Å²) >= 11 is 0. The number of rotatable bonds is 7. The van der Waals surface area contributed by atoms with Gasteiger partial charge in [0.25, 0.3) is 0 Å². The second kappa shape index (κ2) is 5.61. The number of hydrogen-bond acceptors (Lipinski definition) is 3. The Kier molecular flexibility index (Phi) is 4.13. The van der Waals surface area contributed by atoms with Crippen LogP contribution in [0.5, 0.6) is 0 Å². The van der Waals surface area contributed by atoms with Crippen molar-refractivity contribution in [1.82, 2.24) is 15.6 Å². The highest BCUT2D eigenvalue weighted by Crippen LogP contribution is 2.20. The van der Waals surface area contributed by atoms with Crippen LogP contribution in [-0.4, -0.2) is 30.7 Å². The van der Waals surface area contributed by atoms with E-state index in [2.05, 4.69) is 35.5 Å². The van der Waals surface area contributed by atoms with Gasteiger partial charge in [-0.1, -0.05) is 19.9 Å². The van der Waals surface area contributed by atoms with E-state index in [9.17, 15) is 0 Å². The van der Waals surface area contributed by atoms with Crippen molar-refractivity contribution in [3.63, 3.8) is 0 Å². The number of nitrogens with zero attached hydrogens (tertiary/aromatic N) is 1. The first kappa shape index (κ1) is 12.5. The first-order valence-corrected chi connectivity index (χ1v) is 6.53. The molecule has 0 unspecified atom stereocenters. The monoisotopic (exact) mass is 233 g/mol. The van der Waals surface area contributed by atoms with Gasteiger partial charge >= 0.3 is 0 Å². The predicted molar refractivity (Wildman–Crippen MR) is 71.2 cm³/mol. The predicted octanol–water partition coefficient (Wildman–Crippen LogP) is 1.70. The normalized spacial score (nSPS) is 16.1. The van der Waals surface area contributed by atoms with Gasteiger partial charge in [0.2, 0.25) is 0 Å². The molecule has 1 aromatic heterocycles. The van der Waals surface area contributed by atoms with Crippen LogP contribution >= 0.6 is 0 Å². The summed E-state index contributed by atoms with van der Waals surface area (Å²) in [6.07, 6.45) is 6.51. The first-order chi connectivity index (χ1) is 8.18. The molecule has 1 aliphatic carbocycles. The summed E-state index contributed by atoms with van der Waals surface area (Å²) in [6, 6.07) is 4.96. The molecule has 0 amide bonds. The van der Waals surface area contributed by atoms with Crippen LogP contribution in [-0.2, 0) is 5.41 Å². The van der Waals surface area contributed by atoms with E-state index in [1.807, 2.05) is 18.5 Å². The molecule has 0 aromatic carbocycles.